The van der Waals surface area contributed by atoms with Gasteiger partial charge in [0, 0.05) is 31.3 Å². The lowest BCUT2D eigenvalue weighted by Gasteiger charge is -2.65. The Balaban J connectivity index is 0.885. The number of hydrogen-bond donors (Lipinski definition) is 8. The molecule has 22 atom stereocenters. The number of aldehydes is 1. The van der Waals surface area contributed by atoms with Crippen LogP contribution < -0.4 is 0 Å². The quantitative estimate of drug-likeness (QED) is 0.0744. The van der Waals surface area contributed by atoms with Crippen molar-refractivity contribution >= 4 is 18.2 Å². The zero-order valence-electron chi connectivity index (χ0n) is 35.6. The molecule has 19 nitrogen and oxygen atoms in total. The van der Waals surface area contributed by atoms with Gasteiger partial charge in [0.05, 0.1) is 41.5 Å². The second-order valence-corrected chi connectivity index (χ2v) is 19.5. The zero-order chi connectivity index (χ0) is 44.7. The number of esters is 2. The molecule has 4 heterocycles. The van der Waals surface area contributed by atoms with E-state index in [1.807, 2.05) is 0 Å². The fourth-order valence-corrected chi connectivity index (χ4v) is 13.0. The molecule has 0 amide bonds. The molecule has 8 aliphatic rings. The first-order chi connectivity index (χ1) is 29.3. The average Bonchev–Trinajstić information content (AvgIpc) is 3.78. The number of aliphatic hydroxyl groups excluding tert-OH is 6. The molecule has 0 radical (unpaired) electrons. The Morgan fingerprint density at radius 2 is 1.52 bits per heavy atom. The predicted molar refractivity (Wildman–Crippen MR) is 207 cm³/mol. The van der Waals surface area contributed by atoms with Crippen molar-refractivity contribution in [3.63, 3.8) is 0 Å². The third-order valence-corrected chi connectivity index (χ3v) is 16.3. The first-order valence-electron chi connectivity index (χ1n) is 22.2. The Morgan fingerprint density at radius 1 is 0.823 bits per heavy atom. The summed E-state index contributed by atoms with van der Waals surface area (Å²) in [6.45, 7) is 5.88. The number of fused-ring (bicyclic) bond motifs is 5. The third kappa shape index (κ3) is 7.58. The van der Waals surface area contributed by atoms with Crippen molar-refractivity contribution in [2.24, 2.45) is 28.6 Å². The van der Waals surface area contributed by atoms with E-state index in [2.05, 4.69) is 6.92 Å². The van der Waals surface area contributed by atoms with E-state index in [0.29, 0.717) is 38.5 Å². The van der Waals surface area contributed by atoms with Gasteiger partial charge < -0.3 is 83.5 Å². The summed E-state index contributed by atoms with van der Waals surface area (Å²) in [6, 6.07) is 0. The molecular weight excluding hydrogens is 820 g/mol. The Morgan fingerprint density at radius 3 is 2.18 bits per heavy atom. The van der Waals surface area contributed by atoms with Crippen LogP contribution in [0.25, 0.3) is 0 Å². The summed E-state index contributed by atoms with van der Waals surface area (Å²) in [5.41, 5.74) is -3.33. The summed E-state index contributed by atoms with van der Waals surface area (Å²) in [5, 5.41) is 90.6. The molecule has 3 saturated heterocycles. The summed E-state index contributed by atoms with van der Waals surface area (Å²) in [7, 11) is 0. The van der Waals surface area contributed by atoms with E-state index in [9.17, 15) is 55.2 Å². The van der Waals surface area contributed by atoms with Crippen LogP contribution >= 0.6 is 0 Å². The number of ether oxygens (including phenoxy) is 8. The average molecular weight is 885 g/mol. The van der Waals surface area contributed by atoms with Crippen LogP contribution in [0.3, 0.4) is 0 Å². The van der Waals surface area contributed by atoms with Gasteiger partial charge in [-0.1, -0.05) is 6.92 Å². The van der Waals surface area contributed by atoms with Crippen molar-refractivity contribution in [3.8, 4) is 0 Å². The Kier molecular flexibility index (Phi) is 12.9. The second-order valence-electron chi connectivity index (χ2n) is 19.5. The smallest absolute Gasteiger partial charge is 0.331 e. The lowest BCUT2D eigenvalue weighted by molar-refractivity contribution is -0.372. The van der Waals surface area contributed by atoms with E-state index in [1.165, 1.54) is 13.8 Å². The van der Waals surface area contributed by atoms with E-state index >= 15 is 0 Å². The maximum Gasteiger partial charge on any atom is 0.331 e. The first-order valence-corrected chi connectivity index (χ1v) is 22.2. The molecule has 62 heavy (non-hydrogen) atoms. The van der Waals surface area contributed by atoms with Crippen LogP contribution in [-0.4, -0.2) is 176 Å². The topological polar surface area (TPSA) is 287 Å². The van der Waals surface area contributed by atoms with Gasteiger partial charge >= 0.3 is 11.9 Å². The van der Waals surface area contributed by atoms with E-state index < -0.39 is 127 Å². The van der Waals surface area contributed by atoms with Crippen molar-refractivity contribution in [1.29, 1.82) is 0 Å². The van der Waals surface area contributed by atoms with Gasteiger partial charge in [-0.25, -0.2) is 4.79 Å². The van der Waals surface area contributed by atoms with E-state index in [-0.39, 0.29) is 56.0 Å². The highest BCUT2D eigenvalue weighted by atomic mass is 16.8. The van der Waals surface area contributed by atoms with E-state index in [4.69, 9.17) is 37.9 Å². The third-order valence-electron chi connectivity index (χ3n) is 16.3. The number of carbonyl (C=O) groups is 3. The van der Waals surface area contributed by atoms with Crippen LogP contribution in [0, 0.1) is 28.6 Å². The molecule has 350 valence electrons. The molecule has 4 saturated carbocycles. The molecule has 0 spiro atoms. The van der Waals surface area contributed by atoms with Gasteiger partial charge in [-0.2, -0.15) is 0 Å². The fourth-order valence-electron chi connectivity index (χ4n) is 13.0. The lowest BCUT2D eigenvalue weighted by Crippen LogP contribution is -2.69. The molecule has 0 aromatic rings. The minimum absolute atomic E-state index is 0.0219. The molecule has 4 aliphatic heterocycles. The van der Waals surface area contributed by atoms with Crippen molar-refractivity contribution in [1.82, 2.24) is 0 Å². The summed E-state index contributed by atoms with van der Waals surface area (Å²) in [4.78, 5) is 36.8. The molecule has 8 N–H and O–H groups in total. The SMILES string of the molecule is CC(=O)O[C@H]1C[C@H](O[C@H]2[C@H](O)[C@@H](O)[C@H](O[C@@H]3[C@@H](O)[C@@H](O)[C@H](O[C@H]4CC[C@]5(C=O)[C@H]6CC[C@]7(C)[C@@H](C8=CC(=O)OC8)CC[C@]7(O)[C@@H]6CC[C@]5(O)C4)O[C@H]3C)O[C@@H]2CO)O[C@H](C)[C@H]1O. The van der Waals surface area contributed by atoms with Gasteiger partial charge in [0.1, 0.15) is 67.8 Å². The molecule has 0 aromatic heterocycles. The number of rotatable bonds is 10. The Bertz CT molecular complexity index is 1710. The Labute approximate surface area is 359 Å². The lowest BCUT2D eigenvalue weighted by atomic mass is 9.41. The van der Waals surface area contributed by atoms with Gasteiger partial charge in [-0.05, 0) is 88.5 Å². The van der Waals surface area contributed by atoms with E-state index in [0.717, 1.165) is 11.9 Å². The summed E-state index contributed by atoms with van der Waals surface area (Å²) >= 11 is 0. The van der Waals surface area contributed by atoms with Crippen molar-refractivity contribution in [2.75, 3.05) is 13.2 Å². The van der Waals surface area contributed by atoms with Crippen LogP contribution in [0.5, 0.6) is 0 Å². The second kappa shape index (κ2) is 17.2. The van der Waals surface area contributed by atoms with Gasteiger partial charge in [0.2, 0.25) is 0 Å². The predicted octanol–water partition coefficient (Wildman–Crippen LogP) is -0.974. The van der Waals surface area contributed by atoms with Gasteiger partial charge in [-0.15, -0.1) is 0 Å². The highest BCUT2D eigenvalue weighted by molar-refractivity contribution is 5.85. The van der Waals surface area contributed by atoms with Crippen molar-refractivity contribution < 1.29 is 93.1 Å². The maximum atomic E-state index is 13.3. The maximum absolute atomic E-state index is 13.3. The number of carbonyl (C=O) groups excluding carboxylic acids is 3. The minimum atomic E-state index is -1.79. The molecule has 8 rings (SSSR count). The van der Waals surface area contributed by atoms with Crippen molar-refractivity contribution in [3.05, 3.63) is 11.6 Å². The largest absolute Gasteiger partial charge is 0.459 e. The summed E-state index contributed by atoms with van der Waals surface area (Å²) in [6.07, 6.45) is -13.4. The van der Waals surface area contributed by atoms with Crippen LogP contribution in [0.1, 0.15) is 91.9 Å². The highest BCUT2D eigenvalue weighted by Crippen LogP contribution is 2.70. The van der Waals surface area contributed by atoms with Gasteiger partial charge in [0.25, 0.3) is 0 Å². The van der Waals surface area contributed by atoms with Gasteiger partial charge in [0.15, 0.2) is 18.9 Å². The van der Waals surface area contributed by atoms with Crippen LogP contribution in [0.4, 0.5) is 0 Å². The molecule has 0 aromatic carbocycles. The Hall–Kier alpha value is -2.21. The van der Waals surface area contributed by atoms with E-state index in [1.54, 1.807) is 13.0 Å². The summed E-state index contributed by atoms with van der Waals surface area (Å²) < 4.78 is 46.0. The zero-order valence-corrected chi connectivity index (χ0v) is 35.6. The summed E-state index contributed by atoms with van der Waals surface area (Å²) in [5.74, 6) is -1.55. The molecule has 7 fully saturated rings. The molecule has 0 bridgehead atoms. The molecule has 0 unspecified atom stereocenters. The first kappa shape index (κ1) is 46.3. The van der Waals surface area contributed by atoms with Gasteiger partial charge in [-0.3, -0.25) is 4.79 Å². The monoisotopic (exact) mass is 884 g/mol. The molecule has 19 heteroatoms. The number of hydrogen-bond acceptors (Lipinski definition) is 19. The normalized spacial score (nSPS) is 52.8. The minimum Gasteiger partial charge on any atom is -0.459 e. The van der Waals surface area contributed by atoms with Crippen LogP contribution in [0.15, 0.2) is 11.6 Å². The fraction of sp³-hybridized carbons (Fsp3) is 0.884. The highest BCUT2D eigenvalue weighted by Gasteiger charge is 2.72. The van der Waals surface area contributed by atoms with Crippen LogP contribution in [0.2, 0.25) is 0 Å². The number of cyclic esters (lactones) is 1. The standard InChI is InChI=1S/C43H64O19/c1-19-31(48)27(58-21(3)46)14-30(56-19)61-37-28(16-44)60-39(35(52)33(37)50)62-36-20(2)57-38(34(51)32(36)49)59-23-5-10-41(18-45)25-6-9-40(4)24(22-13-29(47)55-17-22)8-12-43(40,54)26(25)7-11-42(41,53)15-23/h13,18-20,23-28,30-39,44,48-54H,5-12,14-17H2,1-4H3/t19-,20+,23+,24-,25+,26-,27+,28-,30+,31-,32+,33-,34-,35-,36+,37-,38+,39+,40-,41+,42+,43+/m1/s1. The van der Waals surface area contributed by atoms with Crippen LogP contribution in [-0.2, 0) is 52.3 Å². The molecular formula is C43H64O19. The van der Waals surface area contributed by atoms with Crippen molar-refractivity contribution in [2.45, 2.75) is 195 Å². The number of aliphatic hydroxyl groups is 8. The molecule has 4 aliphatic carbocycles.